The van der Waals surface area contributed by atoms with Crippen LogP contribution in [0.1, 0.15) is 46.3 Å². The quantitative estimate of drug-likeness (QED) is 0.743. The van der Waals surface area contributed by atoms with Gasteiger partial charge in [-0.1, -0.05) is 6.07 Å². The van der Waals surface area contributed by atoms with Crippen molar-refractivity contribution in [3.05, 3.63) is 52.2 Å². The molecule has 2 N–H and O–H groups in total. The van der Waals surface area contributed by atoms with E-state index in [2.05, 4.69) is 15.7 Å². The van der Waals surface area contributed by atoms with Gasteiger partial charge in [0.2, 0.25) is 5.91 Å². The first-order chi connectivity index (χ1) is 12.6. The van der Waals surface area contributed by atoms with Crippen molar-refractivity contribution in [2.45, 2.75) is 39.2 Å². The molecule has 26 heavy (non-hydrogen) atoms. The Bertz CT molecular complexity index is 989. The highest BCUT2D eigenvalue weighted by molar-refractivity contribution is 7.17. The first-order valence-corrected chi connectivity index (χ1v) is 9.57. The predicted octanol–water partition coefficient (Wildman–Crippen LogP) is 3.16. The minimum atomic E-state index is -0.154. The molecule has 6 nitrogen and oxygen atoms in total. The number of thiophene rings is 1. The summed E-state index contributed by atoms with van der Waals surface area (Å²) in [4.78, 5) is 25.7. The predicted molar refractivity (Wildman–Crippen MR) is 102 cm³/mol. The van der Waals surface area contributed by atoms with Crippen LogP contribution >= 0.6 is 11.3 Å². The second-order valence-corrected chi connectivity index (χ2v) is 7.57. The second-order valence-electron chi connectivity index (χ2n) is 6.46. The van der Waals surface area contributed by atoms with Gasteiger partial charge < -0.3 is 10.6 Å². The smallest absolute Gasteiger partial charge is 0.254 e. The molecule has 3 aromatic heterocycles. The molecule has 0 aliphatic heterocycles. The van der Waals surface area contributed by atoms with Crippen molar-refractivity contribution in [2.24, 2.45) is 0 Å². The van der Waals surface area contributed by atoms with Gasteiger partial charge in [-0.05, 0) is 49.4 Å². The molecule has 0 atom stereocenters. The fraction of sp³-hybridized carbons (Fsp3) is 0.316. The van der Waals surface area contributed by atoms with Crippen LogP contribution < -0.4 is 10.6 Å². The lowest BCUT2D eigenvalue weighted by Crippen LogP contribution is -2.26. The van der Waals surface area contributed by atoms with Crippen LogP contribution in [0.3, 0.4) is 0 Å². The van der Waals surface area contributed by atoms with Gasteiger partial charge >= 0.3 is 0 Å². The fourth-order valence-electron chi connectivity index (χ4n) is 3.46. The van der Waals surface area contributed by atoms with E-state index in [1.807, 2.05) is 28.8 Å². The average molecular weight is 368 g/mol. The van der Waals surface area contributed by atoms with E-state index in [0.29, 0.717) is 17.1 Å². The maximum Gasteiger partial charge on any atom is 0.254 e. The number of carbonyl (C=O) groups excluding carboxylic acids is 2. The summed E-state index contributed by atoms with van der Waals surface area (Å²) in [6.07, 6.45) is 5.83. The summed E-state index contributed by atoms with van der Waals surface area (Å²) >= 11 is 1.53. The van der Waals surface area contributed by atoms with E-state index in [4.69, 9.17) is 0 Å². The molecule has 0 fully saturated rings. The molecule has 1 aliphatic carbocycles. The molecular formula is C19H20N4O2S. The van der Waals surface area contributed by atoms with Gasteiger partial charge in [0.25, 0.3) is 5.91 Å². The largest absolute Gasteiger partial charge is 0.346 e. The van der Waals surface area contributed by atoms with Crippen molar-refractivity contribution in [1.82, 2.24) is 14.9 Å². The zero-order chi connectivity index (χ0) is 18.1. The Kier molecular flexibility index (Phi) is 4.46. The van der Waals surface area contributed by atoms with Gasteiger partial charge in [0.15, 0.2) is 0 Å². The van der Waals surface area contributed by atoms with E-state index in [9.17, 15) is 9.59 Å². The van der Waals surface area contributed by atoms with Crippen LogP contribution in [-0.4, -0.2) is 21.4 Å². The highest BCUT2D eigenvalue weighted by Crippen LogP contribution is 2.38. The molecule has 0 bridgehead atoms. The Balaban J connectivity index is 1.60. The van der Waals surface area contributed by atoms with Crippen LogP contribution in [0.5, 0.6) is 0 Å². The first kappa shape index (κ1) is 16.8. The SMILES string of the molecule is CC(=O)Nc1sc2c(c1C(=O)NCc1cccc3ccnn13)CCCC2. The van der Waals surface area contributed by atoms with E-state index >= 15 is 0 Å². The van der Waals surface area contributed by atoms with E-state index in [0.717, 1.165) is 42.5 Å². The van der Waals surface area contributed by atoms with Gasteiger partial charge in [-0.2, -0.15) is 5.10 Å². The van der Waals surface area contributed by atoms with Crippen molar-refractivity contribution in [3.8, 4) is 0 Å². The number of nitrogens with one attached hydrogen (secondary N) is 2. The molecule has 3 aromatic rings. The summed E-state index contributed by atoms with van der Waals surface area (Å²) in [6.45, 7) is 1.85. The lowest BCUT2D eigenvalue weighted by molar-refractivity contribution is -0.114. The second kappa shape index (κ2) is 6.92. The van der Waals surface area contributed by atoms with Gasteiger partial charge in [0.05, 0.1) is 23.3 Å². The standard InChI is InChI=1S/C19H20N4O2S/c1-12(24)22-19-17(15-7-2-3-8-16(15)26-19)18(25)20-11-14-6-4-5-13-9-10-21-23(13)14/h4-6,9-10H,2-3,7-8,11H2,1H3,(H,20,25)(H,22,24). The Morgan fingerprint density at radius 1 is 1.23 bits per heavy atom. The van der Waals surface area contributed by atoms with E-state index in [-0.39, 0.29) is 11.8 Å². The molecule has 134 valence electrons. The van der Waals surface area contributed by atoms with Crippen molar-refractivity contribution in [1.29, 1.82) is 0 Å². The Morgan fingerprint density at radius 3 is 2.92 bits per heavy atom. The third-order valence-electron chi connectivity index (χ3n) is 4.62. The number of fused-ring (bicyclic) bond motifs is 2. The molecule has 0 saturated carbocycles. The van der Waals surface area contributed by atoms with Crippen molar-refractivity contribution in [2.75, 3.05) is 5.32 Å². The molecule has 1 aliphatic rings. The van der Waals surface area contributed by atoms with Gasteiger partial charge in [0, 0.05) is 18.0 Å². The van der Waals surface area contributed by atoms with Crippen LogP contribution in [0.2, 0.25) is 0 Å². The maximum atomic E-state index is 12.9. The molecule has 0 saturated heterocycles. The van der Waals surface area contributed by atoms with Crippen LogP contribution in [0.4, 0.5) is 5.00 Å². The number of aromatic nitrogens is 2. The molecule has 3 heterocycles. The van der Waals surface area contributed by atoms with Gasteiger partial charge in [-0.15, -0.1) is 11.3 Å². The van der Waals surface area contributed by atoms with Crippen molar-refractivity contribution >= 4 is 33.7 Å². The number of hydrogen-bond acceptors (Lipinski definition) is 4. The first-order valence-electron chi connectivity index (χ1n) is 8.75. The maximum absolute atomic E-state index is 12.9. The Labute approximate surface area is 155 Å². The number of hydrogen-bond donors (Lipinski definition) is 2. The molecule has 7 heteroatoms. The number of aryl methyl sites for hydroxylation is 1. The number of anilines is 1. The van der Waals surface area contributed by atoms with Crippen LogP contribution in [0, 0.1) is 0 Å². The summed E-state index contributed by atoms with van der Waals surface area (Å²) in [5.74, 6) is -0.295. The zero-order valence-corrected chi connectivity index (χ0v) is 15.4. The summed E-state index contributed by atoms with van der Waals surface area (Å²) in [5.41, 5.74) is 3.63. The fourth-order valence-corrected chi connectivity index (χ4v) is 4.79. The summed E-state index contributed by atoms with van der Waals surface area (Å²) in [7, 11) is 0. The highest BCUT2D eigenvalue weighted by atomic mass is 32.1. The lowest BCUT2D eigenvalue weighted by Gasteiger charge is -2.13. The van der Waals surface area contributed by atoms with Gasteiger partial charge in [-0.25, -0.2) is 4.52 Å². The van der Waals surface area contributed by atoms with Gasteiger partial charge in [0.1, 0.15) is 5.00 Å². The summed E-state index contributed by atoms with van der Waals surface area (Å²) in [6, 6.07) is 7.80. The van der Waals surface area contributed by atoms with Crippen LogP contribution in [0.15, 0.2) is 30.5 Å². The molecule has 0 radical (unpaired) electrons. The lowest BCUT2D eigenvalue weighted by atomic mass is 9.95. The van der Waals surface area contributed by atoms with Crippen molar-refractivity contribution < 1.29 is 9.59 Å². The van der Waals surface area contributed by atoms with E-state index in [1.54, 1.807) is 6.20 Å². The number of carbonyl (C=O) groups is 2. The third-order valence-corrected chi connectivity index (χ3v) is 5.82. The average Bonchev–Trinajstić information content (AvgIpc) is 3.23. The molecular weight excluding hydrogens is 348 g/mol. The molecule has 2 amide bonds. The van der Waals surface area contributed by atoms with Gasteiger partial charge in [-0.3, -0.25) is 9.59 Å². The molecule has 0 aromatic carbocycles. The summed E-state index contributed by atoms with van der Waals surface area (Å²) < 4.78 is 1.82. The zero-order valence-electron chi connectivity index (χ0n) is 14.5. The monoisotopic (exact) mass is 368 g/mol. The normalized spacial score (nSPS) is 13.4. The number of amides is 2. The molecule has 4 rings (SSSR count). The van der Waals surface area contributed by atoms with E-state index in [1.165, 1.54) is 23.1 Å². The minimum Gasteiger partial charge on any atom is -0.346 e. The van der Waals surface area contributed by atoms with Crippen molar-refractivity contribution in [3.63, 3.8) is 0 Å². The highest BCUT2D eigenvalue weighted by Gasteiger charge is 2.25. The topological polar surface area (TPSA) is 75.5 Å². The number of pyridine rings is 1. The third kappa shape index (κ3) is 3.10. The Hall–Kier alpha value is -2.67. The molecule has 0 unspecified atom stereocenters. The minimum absolute atomic E-state index is 0.141. The Morgan fingerprint density at radius 2 is 2.08 bits per heavy atom. The van der Waals surface area contributed by atoms with E-state index < -0.39 is 0 Å². The van der Waals surface area contributed by atoms with Crippen LogP contribution in [-0.2, 0) is 24.2 Å². The number of rotatable bonds is 4. The summed E-state index contributed by atoms with van der Waals surface area (Å²) in [5, 5.41) is 10.8. The number of nitrogens with zero attached hydrogens (tertiary/aromatic N) is 2. The molecule has 0 spiro atoms. The van der Waals surface area contributed by atoms with Crippen LogP contribution in [0.25, 0.3) is 5.52 Å².